The summed E-state index contributed by atoms with van der Waals surface area (Å²) in [4.78, 5) is 0. The Labute approximate surface area is 84.2 Å². The lowest BCUT2D eigenvalue weighted by Gasteiger charge is -2.06. The third-order valence-electron chi connectivity index (χ3n) is 1.80. The largest absolute Gasteiger partial charge is 0.165 e. The first-order valence-corrected chi connectivity index (χ1v) is 5.79. The van der Waals surface area contributed by atoms with E-state index in [9.17, 15) is 0 Å². The molecule has 0 heterocycles. The quantitative estimate of drug-likeness (QED) is 0.575. The minimum absolute atomic E-state index is 0.424. The second-order valence-corrected chi connectivity index (χ2v) is 4.89. The highest BCUT2D eigenvalue weighted by Crippen LogP contribution is 2.16. The van der Waals surface area contributed by atoms with Crippen LogP contribution in [0.4, 0.5) is 0 Å². The topological polar surface area (TPSA) is 0 Å². The van der Waals surface area contributed by atoms with Crippen LogP contribution in [0.15, 0.2) is 24.3 Å². The van der Waals surface area contributed by atoms with Gasteiger partial charge in [0.05, 0.1) is 4.58 Å². The SMILES string of the molecule is CSC(S)Cc1ccc(C)cc1. The fourth-order valence-electron chi connectivity index (χ4n) is 1.01. The molecule has 0 aliphatic carbocycles. The van der Waals surface area contributed by atoms with E-state index in [4.69, 9.17) is 0 Å². The highest BCUT2D eigenvalue weighted by molar-refractivity contribution is 8.09. The van der Waals surface area contributed by atoms with Crippen LogP contribution in [0.25, 0.3) is 0 Å². The van der Waals surface area contributed by atoms with Crippen molar-refractivity contribution in [2.75, 3.05) is 6.26 Å². The van der Waals surface area contributed by atoms with E-state index < -0.39 is 0 Å². The van der Waals surface area contributed by atoms with Crippen LogP contribution in [-0.4, -0.2) is 10.8 Å². The first kappa shape index (κ1) is 10.0. The number of aryl methyl sites for hydroxylation is 1. The first-order valence-electron chi connectivity index (χ1n) is 3.99. The summed E-state index contributed by atoms with van der Waals surface area (Å²) in [5.41, 5.74) is 2.69. The smallest absolute Gasteiger partial charge is 0.0509 e. The summed E-state index contributed by atoms with van der Waals surface area (Å²) >= 11 is 6.22. The van der Waals surface area contributed by atoms with Gasteiger partial charge >= 0.3 is 0 Å². The van der Waals surface area contributed by atoms with Gasteiger partial charge in [0, 0.05) is 0 Å². The van der Waals surface area contributed by atoms with Crippen LogP contribution in [0.5, 0.6) is 0 Å². The zero-order valence-corrected chi connectivity index (χ0v) is 9.16. The van der Waals surface area contributed by atoms with Gasteiger partial charge in [-0.3, -0.25) is 0 Å². The van der Waals surface area contributed by atoms with Gasteiger partial charge in [-0.1, -0.05) is 29.8 Å². The van der Waals surface area contributed by atoms with E-state index >= 15 is 0 Å². The van der Waals surface area contributed by atoms with Crippen molar-refractivity contribution in [2.24, 2.45) is 0 Å². The molecule has 0 aliphatic rings. The minimum Gasteiger partial charge on any atom is -0.165 e. The number of benzene rings is 1. The molecule has 0 fully saturated rings. The van der Waals surface area contributed by atoms with Crippen molar-refractivity contribution >= 4 is 24.4 Å². The third-order valence-corrected chi connectivity index (χ3v) is 3.33. The molecule has 1 rings (SSSR count). The van der Waals surface area contributed by atoms with E-state index in [1.54, 1.807) is 11.8 Å². The van der Waals surface area contributed by atoms with Crippen LogP contribution < -0.4 is 0 Å². The van der Waals surface area contributed by atoms with Gasteiger partial charge in [0.1, 0.15) is 0 Å². The van der Waals surface area contributed by atoms with Gasteiger partial charge in [0.25, 0.3) is 0 Å². The molecule has 1 aromatic carbocycles. The van der Waals surface area contributed by atoms with Gasteiger partial charge in [0.2, 0.25) is 0 Å². The van der Waals surface area contributed by atoms with Crippen LogP contribution in [-0.2, 0) is 6.42 Å². The van der Waals surface area contributed by atoms with Gasteiger partial charge in [0.15, 0.2) is 0 Å². The van der Waals surface area contributed by atoms with Crippen molar-refractivity contribution in [3.8, 4) is 0 Å². The molecule has 12 heavy (non-hydrogen) atoms. The molecule has 0 spiro atoms. The molecule has 0 nitrogen and oxygen atoms in total. The van der Waals surface area contributed by atoms with Crippen molar-refractivity contribution in [1.29, 1.82) is 0 Å². The average Bonchev–Trinajstić information content (AvgIpc) is 2.09. The zero-order chi connectivity index (χ0) is 8.97. The van der Waals surface area contributed by atoms with E-state index in [1.165, 1.54) is 11.1 Å². The van der Waals surface area contributed by atoms with Crippen molar-refractivity contribution in [3.05, 3.63) is 35.4 Å². The second kappa shape index (κ2) is 4.83. The number of hydrogen-bond acceptors (Lipinski definition) is 2. The summed E-state index contributed by atoms with van der Waals surface area (Å²) in [5.74, 6) is 0. The van der Waals surface area contributed by atoms with Crippen LogP contribution in [0, 0.1) is 6.92 Å². The lowest BCUT2D eigenvalue weighted by molar-refractivity contribution is 1.11. The average molecular weight is 198 g/mol. The van der Waals surface area contributed by atoms with E-state index in [2.05, 4.69) is 50.1 Å². The Morgan fingerprint density at radius 3 is 2.42 bits per heavy atom. The Bertz CT molecular complexity index is 228. The number of thiol groups is 1. The van der Waals surface area contributed by atoms with Gasteiger partial charge in [-0.25, -0.2) is 0 Å². The molecule has 0 N–H and O–H groups in total. The molecule has 2 heteroatoms. The summed E-state index contributed by atoms with van der Waals surface area (Å²) in [7, 11) is 0. The molecule has 0 saturated heterocycles. The lowest BCUT2D eigenvalue weighted by atomic mass is 10.1. The van der Waals surface area contributed by atoms with Crippen LogP contribution in [0.3, 0.4) is 0 Å². The maximum atomic E-state index is 4.43. The van der Waals surface area contributed by atoms with E-state index in [0.29, 0.717) is 4.58 Å². The molecule has 1 atom stereocenters. The Hall–Kier alpha value is -0.0800. The standard InChI is InChI=1S/C10H14S2/c1-8-3-5-9(6-4-8)7-10(11)12-2/h3-6,10-11H,7H2,1-2H3. The predicted molar refractivity (Wildman–Crippen MR) is 61.2 cm³/mol. The molecule has 0 radical (unpaired) electrons. The van der Waals surface area contributed by atoms with Crippen molar-refractivity contribution in [1.82, 2.24) is 0 Å². The van der Waals surface area contributed by atoms with Crippen molar-refractivity contribution in [2.45, 2.75) is 17.9 Å². The molecule has 1 unspecified atom stereocenters. The molecule has 1 aromatic rings. The summed E-state index contributed by atoms with van der Waals surface area (Å²) in [6.07, 6.45) is 3.14. The number of thioether (sulfide) groups is 1. The fraction of sp³-hybridized carbons (Fsp3) is 0.400. The molecule has 0 amide bonds. The van der Waals surface area contributed by atoms with Crippen molar-refractivity contribution in [3.63, 3.8) is 0 Å². The van der Waals surface area contributed by atoms with E-state index in [-0.39, 0.29) is 0 Å². The maximum absolute atomic E-state index is 4.43. The number of rotatable bonds is 3. The predicted octanol–water partition coefficient (Wildman–Crippen LogP) is 3.16. The molecule has 0 saturated carbocycles. The summed E-state index contributed by atoms with van der Waals surface area (Å²) in [5, 5.41) is 0. The van der Waals surface area contributed by atoms with Crippen LogP contribution in [0.1, 0.15) is 11.1 Å². The summed E-state index contributed by atoms with van der Waals surface area (Å²) < 4.78 is 0.424. The Kier molecular flexibility index (Phi) is 4.02. The first-order chi connectivity index (χ1) is 5.72. The molecular formula is C10H14S2. The Morgan fingerprint density at radius 1 is 1.33 bits per heavy atom. The Morgan fingerprint density at radius 2 is 1.92 bits per heavy atom. The minimum atomic E-state index is 0.424. The Balaban J connectivity index is 2.58. The monoisotopic (exact) mass is 198 g/mol. The van der Waals surface area contributed by atoms with Crippen LogP contribution in [0.2, 0.25) is 0 Å². The van der Waals surface area contributed by atoms with E-state index in [1.807, 2.05) is 0 Å². The molecule has 0 aliphatic heterocycles. The molecule has 0 aromatic heterocycles. The summed E-state index contributed by atoms with van der Waals surface area (Å²) in [6, 6.07) is 8.65. The summed E-state index contributed by atoms with van der Waals surface area (Å²) in [6.45, 7) is 2.11. The van der Waals surface area contributed by atoms with Gasteiger partial charge in [-0.15, -0.1) is 0 Å². The van der Waals surface area contributed by atoms with E-state index in [0.717, 1.165) is 6.42 Å². The highest BCUT2D eigenvalue weighted by Gasteiger charge is 2.00. The lowest BCUT2D eigenvalue weighted by Crippen LogP contribution is -1.96. The maximum Gasteiger partial charge on any atom is 0.0509 e. The highest BCUT2D eigenvalue weighted by atomic mass is 32.2. The second-order valence-electron chi connectivity index (χ2n) is 2.88. The zero-order valence-electron chi connectivity index (χ0n) is 7.45. The normalized spacial score (nSPS) is 12.9. The molecule has 66 valence electrons. The van der Waals surface area contributed by atoms with Gasteiger partial charge in [-0.05, 0) is 25.2 Å². The fourth-order valence-corrected chi connectivity index (χ4v) is 1.58. The van der Waals surface area contributed by atoms with Gasteiger partial charge in [-0.2, -0.15) is 24.4 Å². The molecule has 0 bridgehead atoms. The third kappa shape index (κ3) is 3.11. The number of hydrogen-bond donors (Lipinski definition) is 1. The van der Waals surface area contributed by atoms with Crippen LogP contribution >= 0.6 is 24.4 Å². The molecular weight excluding hydrogens is 184 g/mol. The van der Waals surface area contributed by atoms with Crippen molar-refractivity contribution < 1.29 is 0 Å². The van der Waals surface area contributed by atoms with Gasteiger partial charge < -0.3 is 0 Å².